The van der Waals surface area contributed by atoms with Crippen molar-refractivity contribution in [3.05, 3.63) is 24.0 Å². The van der Waals surface area contributed by atoms with Crippen molar-refractivity contribution in [1.29, 1.82) is 0 Å². The molecule has 0 spiro atoms. The van der Waals surface area contributed by atoms with Crippen LogP contribution in [0.25, 0.3) is 0 Å². The molecule has 2 rings (SSSR count). The number of anilines is 1. The third-order valence-corrected chi connectivity index (χ3v) is 2.15. The Morgan fingerprint density at radius 3 is 3.00 bits per heavy atom. The monoisotopic (exact) mass is 206 g/mol. The highest BCUT2D eigenvalue weighted by molar-refractivity contribution is 5.25. The maximum atomic E-state index is 4.15. The number of aryl methyl sites for hydroxylation is 2. The Morgan fingerprint density at radius 2 is 2.40 bits per heavy atom. The molecule has 2 heterocycles. The maximum Gasteiger partial charge on any atom is 0.200 e. The van der Waals surface area contributed by atoms with E-state index in [0.717, 1.165) is 30.4 Å². The zero-order chi connectivity index (χ0) is 10.7. The molecule has 2 aromatic heterocycles. The predicted octanol–water partition coefficient (Wildman–Crippen LogP) is 0.501. The number of H-pyrrole nitrogens is 1. The fourth-order valence-corrected chi connectivity index (χ4v) is 1.33. The average molecular weight is 206 g/mol. The second-order valence-electron chi connectivity index (χ2n) is 3.45. The van der Waals surface area contributed by atoms with E-state index < -0.39 is 0 Å². The number of nitrogens with zero attached hydrogens (tertiary/aromatic N) is 4. The molecule has 0 saturated heterocycles. The number of imidazole rings is 1. The lowest BCUT2D eigenvalue weighted by Gasteiger charge is -2.02. The van der Waals surface area contributed by atoms with Crippen LogP contribution in [0.3, 0.4) is 0 Å². The summed E-state index contributed by atoms with van der Waals surface area (Å²) in [4.78, 5) is 7.25. The van der Waals surface area contributed by atoms with Crippen molar-refractivity contribution in [3.8, 4) is 0 Å². The van der Waals surface area contributed by atoms with Crippen LogP contribution in [0, 0.1) is 6.92 Å². The predicted molar refractivity (Wildman–Crippen MR) is 56.5 cm³/mol. The first-order valence-electron chi connectivity index (χ1n) is 4.84. The van der Waals surface area contributed by atoms with Crippen molar-refractivity contribution < 1.29 is 0 Å². The molecular weight excluding hydrogens is 192 g/mol. The first-order chi connectivity index (χ1) is 7.25. The van der Waals surface area contributed by atoms with Gasteiger partial charge in [-0.2, -0.15) is 0 Å². The molecule has 6 heteroatoms. The number of hydrogen-bond acceptors (Lipinski definition) is 4. The van der Waals surface area contributed by atoms with Crippen molar-refractivity contribution >= 4 is 5.95 Å². The zero-order valence-electron chi connectivity index (χ0n) is 8.86. The molecule has 0 aliphatic carbocycles. The third kappa shape index (κ3) is 2.34. The Labute approximate surface area is 87.8 Å². The minimum absolute atomic E-state index is 0.791. The number of aromatic amines is 1. The maximum absolute atomic E-state index is 4.15. The van der Waals surface area contributed by atoms with E-state index >= 15 is 0 Å². The summed E-state index contributed by atoms with van der Waals surface area (Å²) < 4.78 is 1.91. The van der Waals surface area contributed by atoms with Gasteiger partial charge < -0.3 is 14.9 Å². The van der Waals surface area contributed by atoms with Crippen molar-refractivity contribution in [2.75, 3.05) is 11.9 Å². The summed E-state index contributed by atoms with van der Waals surface area (Å²) in [5.74, 6) is 1.76. The lowest BCUT2D eigenvalue weighted by atomic mass is 10.4. The van der Waals surface area contributed by atoms with Gasteiger partial charge in [-0.1, -0.05) is 0 Å². The Hall–Kier alpha value is -1.85. The van der Waals surface area contributed by atoms with Gasteiger partial charge >= 0.3 is 0 Å². The van der Waals surface area contributed by atoms with Crippen molar-refractivity contribution in [3.63, 3.8) is 0 Å². The van der Waals surface area contributed by atoms with Crippen LogP contribution in [-0.2, 0) is 13.5 Å². The van der Waals surface area contributed by atoms with E-state index in [1.54, 1.807) is 12.5 Å². The molecule has 2 N–H and O–H groups in total. The quantitative estimate of drug-likeness (QED) is 0.764. The molecule has 0 radical (unpaired) electrons. The minimum Gasteiger partial charge on any atom is -0.355 e. The van der Waals surface area contributed by atoms with Gasteiger partial charge in [0.1, 0.15) is 12.2 Å². The number of nitrogens with one attached hydrogen (secondary N) is 2. The highest BCUT2D eigenvalue weighted by Gasteiger charge is 2.00. The number of rotatable bonds is 4. The van der Waals surface area contributed by atoms with Crippen molar-refractivity contribution in [2.24, 2.45) is 7.05 Å². The van der Waals surface area contributed by atoms with Crippen LogP contribution in [0.4, 0.5) is 5.95 Å². The zero-order valence-corrected chi connectivity index (χ0v) is 8.86. The molecule has 80 valence electrons. The van der Waals surface area contributed by atoms with Gasteiger partial charge in [-0.05, 0) is 6.92 Å². The van der Waals surface area contributed by atoms with Crippen LogP contribution in [0.15, 0.2) is 12.5 Å². The molecule has 0 aliphatic heterocycles. The van der Waals surface area contributed by atoms with Gasteiger partial charge in [0.05, 0.1) is 0 Å². The smallest absolute Gasteiger partial charge is 0.200 e. The van der Waals surface area contributed by atoms with Gasteiger partial charge in [0, 0.05) is 31.9 Å². The summed E-state index contributed by atoms with van der Waals surface area (Å²) in [5.41, 5.74) is 1.05. The average Bonchev–Trinajstić information content (AvgIpc) is 2.77. The van der Waals surface area contributed by atoms with Crippen LogP contribution in [0.5, 0.6) is 0 Å². The standard InChI is InChI=1S/C9H14N6/c1-7-5-11-9(13-7)10-4-3-8-14-12-6-15(8)2/h5-6H,3-4H2,1-2H3,(H2,10,11,13). The van der Waals surface area contributed by atoms with Gasteiger partial charge in [0.25, 0.3) is 0 Å². The highest BCUT2D eigenvalue weighted by atomic mass is 15.2. The van der Waals surface area contributed by atoms with Crippen LogP contribution < -0.4 is 5.32 Å². The first kappa shape index (κ1) is 9.70. The number of hydrogen-bond donors (Lipinski definition) is 2. The van der Waals surface area contributed by atoms with Gasteiger partial charge in [-0.3, -0.25) is 0 Å². The topological polar surface area (TPSA) is 71.4 Å². The van der Waals surface area contributed by atoms with Crippen molar-refractivity contribution in [1.82, 2.24) is 24.7 Å². The second kappa shape index (κ2) is 4.12. The molecule has 0 aliphatic rings. The van der Waals surface area contributed by atoms with E-state index in [1.165, 1.54) is 0 Å². The van der Waals surface area contributed by atoms with Gasteiger partial charge in [0.15, 0.2) is 5.95 Å². The van der Waals surface area contributed by atoms with Crippen LogP contribution in [0.1, 0.15) is 11.5 Å². The molecule has 0 unspecified atom stereocenters. The van der Waals surface area contributed by atoms with Crippen LogP contribution in [-0.4, -0.2) is 31.3 Å². The fraction of sp³-hybridized carbons (Fsp3) is 0.444. The summed E-state index contributed by atoms with van der Waals surface area (Å²) in [5, 5.41) is 11.0. The molecule has 0 aromatic carbocycles. The summed E-state index contributed by atoms with van der Waals surface area (Å²) in [6.07, 6.45) is 4.33. The van der Waals surface area contributed by atoms with E-state index in [2.05, 4.69) is 25.5 Å². The van der Waals surface area contributed by atoms with Gasteiger partial charge in [-0.15, -0.1) is 10.2 Å². The first-order valence-corrected chi connectivity index (χ1v) is 4.84. The summed E-state index contributed by atoms with van der Waals surface area (Å²) in [6, 6.07) is 0. The van der Waals surface area contributed by atoms with Gasteiger partial charge in [0.2, 0.25) is 0 Å². The van der Waals surface area contributed by atoms with E-state index in [9.17, 15) is 0 Å². The Bertz CT molecular complexity index is 429. The minimum atomic E-state index is 0.791. The summed E-state index contributed by atoms with van der Waals surface area (Å²) in [6.45, 7) is 2.76. The molecule has 0 atom stereocenters. The lowest BCUT2D eigenvalue weighted by molar-refractivity contribution is 0.786. The molecule has 0 fully saturated rings. The fourth-order valence-electron chi connectivity index (χ4n) is 1.33. The SMILES string of the molecule is Cc1cnc(NCCc2nncn2C)[nH]1. The molecule has 0 amide bonds. The Balaban J connectivity index is 1.83. The van der Waals surface area contributed by atoms with E-state index in [1.807, 2.05) is 18.5 Å². The molecule has 6 nitrogen and oxygen atoms in total. The largest absolute Gasteiger partial charge is 0.355 e. The normalized spacial score (nSPS) is 10.5. The van der Waals surface area contributed by atoms with E-state index in [4.69, 9.17) is 0 Å². The molecular formula is C9H14N6. The van der Waals surface area contributed by atoms with E-state index in [0.29, 0.717) is 0 Å². The highest BCUT2D eigenvalue weighted by Crippen LogP contribution is 2.00. The van der Waals surface area contributed by atoms with Crippen molar-refractivity contribution in [2.45, 2.75) is 13.3 Å². The summed E-state index contributed by atoms with van der Waals surface area (Å²) in [7, 11) is 1.94. The van der Waals surface area contributed by atoms with E-state index in [-0.39, 0.29) is 0 Å². The molecule has 0 bridgehead atoms. The third-order valence-electron chi connectivity index (χ3n) is 2.15. The summed E-state index contributed by atoms with van der Waals surface area (Å²) >= 11 is 0. The lowest BCUT2D eigenvalue weighted by Crippen LogP contribution is -2.09. The molecule has 0 saturated carbocycles. The number of aromatic nitrogens is 5. The van der Waals surface area contributed by atoms with Gasteiger partial charge in [-0.25, -0.2) is 4.98 Å². The molecule has 15 heavy (non-hydrogen) atoms. The second-order valence-corrected chi connectivity index (χ2v) is 3.45. The Kier molecular flexibility index (Phi) is 2.66. The molecule has 2 aromatic rings. The Morgan fingerprint density at radius 1 is 1.53 bits per heavy atom. The van der Waals surface area contributed by atoms with Crippen LogP contribution in [0.2, 0.25) is 0 Å². The van der Waals surface area contributed by atoms with Crippen LogP contribution >= 0.6 is 0 Å².